The molecule has 1 atom stereocenters. The van der Waals surface area contributed by atoms with Crippen LogP contribution in [0.4, 0.5) is 13.2 Å². The Kier molecular flexibility index (Phi) is 4.61. The van der Waals surface area contributed by atoms with Crippen molar-refractivity contribution in [3.05, 3.63) is 29.2 Å². The summed E-state index contributed by atoms with van der Waals surface area (Å²) in [6, 6.07) is 2.17. The first kappa shape index (κ1) is 18.2. The van der Waals surface area contributed by atoms with E-state index in [1.54, 1.807) is 20.8 Å². The highest BCUT2D eigenvalue weighted by Gasteiger charge is 2.36. The van der Waals surface area contributed by atoms with Crippen molar-refractivity contribution in [1.82, 2.24) is 19.9 Å². The van der Waals surface area contributed by atoms with E-state index < -0.39 is 23.2 Å². The summed E-state index contributed by atoms with van der Waals surface area (Å²) >= 11 is 0. The number of nitrogens with one attached hydrogen (secondary N) is 1. The predicted molar refractivity (Wildman–Crippen MR) is 83.9 cm³/mol. The smallest absolute Gasteiger partial charge is 0.348 e. The minimum absolute atomic E-state index is 0.00375. The first-order valence-electron chi connectivity index (χ1n) is 7.73. The van der Waals surface area contributed by atoms with Gasteiger partial charge in [-0.3, -0.25) is 4.79 Å². The van der Waals surface area contributed by atoms with Crippen LogP contribution in [0.5, 0.6) is 0 Å². The molecule has 0 aliphatic heterocycles. The number of amides is 1. The number of alkyl halides is 3. The van der Waals surface area contributed by atoms with Crippen LogP contribution in [0.25, 0.3) is 5.65 Å². The zero-order valence-electron chi connectivity index (χ0n) is 14.3. The standard InChI is InChI=1S/C16H21F3N4O/c1-6-9(2)20-14(24)10-7-13-21-11(15(3,4)5)8-12(16(17,18)19)23(13)22-10/h7-9H,6H2,1-5H3,(H,20,24). The summed E-state index contributed by atoms with van der Waals surface area (Å²) in [5.41, 5.74) is -1.30. The van der Waals surface area contributed by atoms with Crippen molar-refractivity contribution in [2.75, 3.05) is 0 Å². The monoisotopic (exact) mass is 342 g/mol. The van der Waals surface area contributed by atoms with E-state index in [0.29, 0.717) is 10.9 Å². The molecule has 0 aliphatic carbocycles. The van der Waals surface area contributed by atoms with E-state index >= 15 is 0 Å². The van der Waals surface area contributed by atoms with Gasteiger partial charge in [0.1, 0.15) is 5.69 Å². The molecule has 132 valence electrons. The summed E-state index contributed by atoms with van der Waals surface area (Å²) < 4.78 is 40.8. The van der Waals surface area contributed by atoms with Gasteiger partial charge in [0.05, 0.1) is 5.69 Å². The molecule has 2 aromatic heterocycles. The van der Waals surface area contributed by atoms with Crippen LogP contribution in [0.1, 0.15) is 62.9 Å². The normalized spacial score (nSPS) is 14.0. The molecule has 0 saturated carbocycles. The number of aromatic nitrogens is 3. The molecule has 0 bridgehead atoms. The second-order valence-electron chi connectivity index (χ2n) is 6.86. The molecule has 0 aliphatic rings. The molecule has 24 heavy (non-hydrogen) atoms. The van der Waals surface area contributed by atoms with Gasteiger partial charge in [0.25, 0.3) is 5.91 Å². The molecule has 0 fully saturated rings. The topological polar surface area (TPSA) is 59.3 Å². The van der Waals surface area contributed by atoms with Gasteiger partial charge in [0.2, 0.25) is 0 Å². The van der Waals surface area contributed by atoms with Crippen molar-refractivity contribution >= 4 is 11.6 Å². The van der Waals surface area contributed by atoms with E-state index in [9.17, 15) is 18.0 Å². The number of hydrogen-bond donors (Lipinski definition) is 1. The van der Waals surface area contributed by atoms with Crippen LogP contribution < -0.4 is 5.32 Å². The summed E-state index contributed by atoms with van der Waals surface area (Å²) in [6.45, 7) is 9.04. The van der Waals surface area contributed by atoms with Gasteiger partial charge in [-0.2, -0.15) is 18.3 Å². The van der Waals surface area contributed by atoms with E-state index in [1.165, 1.54) is 6.07 Å². The highest BCUT2D eigenvalue weighted by molar-refractivity contribution is 5.93. The lowest BCUT2D eigenvalue weighted by molar-refractivity contribution is -0.142. The number of nitrogens with zero attached hydrogens (tertiary/aromatic N) is 3. The molecule has 8 heteroatoms. The molecule has 1 amide bonds. The number of carbonyl (C=O) groups is 1. The number of carbonyl (C=O) groups excluding carboxylic acids is 1. The maximum absolute atomic E-state index is 13.4. The van der Waals surface area contributed by atoms with E-state index in [4.69, 9.17) is 0 Å². The van der Waals surface area contributed by atoms with Crippen LogP contribution in [-0.2, 0) is 11.6 Å². The Balaban J connectivity index is 2.60. The molecule has 5 nitrogen and oxygen atoms in total. The average molecular weight is 342 g/mol. The van der Waals surface area contributed by atoms with Crippen LogP contribution in [0.2, 0.25) is 0 Å². The third kappa shape index (κ3) is 3.68. The first-order chi connectivity index (χ1) is 10.9. The molecule has 0 spiro atoms. The van der Waals surface area contributed by atoms with Gasteiger partial charge < -0.3 is 5.32 Å². The lowest BCUT2D eigenvalue weighted by Crippen LogP contribution is -2.32. The van der Waals surface area contributed by atoms with E-state index in [1.807, 2.05) is 13.8 Å². The number of fused-ring (bicyclic) bond motifs is 1. The van der Waals surface area contributed by atoms with E-state index in [0.717, 1.165) is 6.07 Å². The lowest BCUT2D eigenvalue weighted by atomic mass is 9.91. The molecule has 0 saturated heterocycles. The quantitative estimate of drug-likeness (QED) is 0.928. The molecule has 1 unspecified atom stereocenters. The molecule has 0 aromatic carbocycles. The molecular formula is C16H21F3N4O. The SMILES string of the molecule is CCC(C)NC(=O)c1cc2nc(C(C)(C)C)cc(C(F)(F)F)n2n1. The molecule has 2 heterocycles. The highest BCUT2D eigenvalue weighted by Crippen LogP contribution is 2.32. The Morgan fingerprint density at radius 1 is 1.29 bits per heavy atom. The third-order valence-electron chi connectivity index (χ3n) is 3.71. The lowest BCUT2D eigenvalue weighted by Gasteiger charge is -2.19. The first-order valence-corrected chi connectivity index (χ1v) is 7.73. The van der Waals surface area contributed by atoms with Crippen molar-refractivity contribution in [2.24, 2.45) is 0 Å². The van der Waals surface area contributed by atoms with E-state index in [2.05, 4.69) is 15.4 Å². The minimum atomic E-state index is -4.60. The fraction of sp³-hybridized carbons (Fsp3) is 0.562. The van der Waals surface area contributed by atoms with Gasteiger partial charge >= 0.3 is 6.18 Å². The highest BCUT2D eigenvalue weighted by atomic mass is 19.4. The zero-order valence-corrected chi connectivity index (χ0v) is 14.3. The van der Waals surface area contributed by atoms with Crippen LogP contribution in [0.15, 0.2) is 12.1 Å². The van der Waals surface area contributed by atoms with Crippen LogP contribution in [0.3, 0.4) is 0 Å². The van der Waals surface area contributed by atoms with Gasteiger partial charge in [0.15, 0.2) is 11.3 Å². The van der Waals surface area contributed by atoms with Crippen molar-refractivity contribution < 1.29 is 18.0 Å². The fourth-order valence-corrected chi connectivity index (χ4v) is 2.07. The van der Waals surface area contributed by atoms with Gasteiger partial charge in [-0.05, 0) is 19.4 Å². The Morgan fingerprint density at radius 2 is 1.92 bits per heavy atom. The molecule has 1 N–H and O–H groups in total. The maximum atomic E-state index is 13.4. The van der Waals surface area contributed by atoms with Crippen molar-refractivity contribution in [3.63, 3.8) is 0 Å². The largest absolute Gasteiger partial charge is 0.433 e. The van der Waals surface area contributed by atoms with Gasteiger partial charge in [0, 0.05) is 17.5 Å². The van der Waals surface area contributed by atoms with Crippen LogP contribution >= 0.6 is 0 Å². The summed E-state index contributed by atoms with van der Waals surface area (Å²) in [5, 5.41) is 6.50. The second kappa shape index (κ2) is 6.07. The third-order valence-corrected chi connectivity index (χ3v) is 3.71. The number of rotatable bonds is 3. The van der Waals surface area contributed by atoms with E-state index in [-0.39, 0.29) is 23.1 Å². The molecule has 2 aromatic rings. The van der Waals surface area contributed by atoms with Gasteiger partial charge in [-0.1, -0.05) is 27.7 Å². The van der Waals surface area contributed by atoms with Crippen molar-refractivity contribution in [2.45, 2.75) is 58.7 Å². The predicted octanol–water partition coefficient (Wildman–Crippen LogP) is 3.57. The van der Waals surface area contributed by atoms with Crippen molar-refractivity contribution in [3.8, 4) is 0 Å². The van der Waals surface area contributed by atoms with Gasteiger partial charge in [-0.15, -0.1) is 0 Å². The summed E-state index contributed by atoms with van der Waals surface area (Å²) in [6.07, 6.45) is -3.89. The van der Waals surface area contributed by atoms with Crippen molar-refractivity contribution in [1.29, 1.82) is 0 Å². The summed E-state index contributed by atoms with van der Waals surface area (Å²) in [7, 11) is 0. The Labute approximate surface area is 138 Å². The second-order valence-corrected chi connectivity index (χ2v) is 6.86. The molecular weight excluding hydrogens is 321 g/mol. The number of halogens is 3. The zero-order chi connectivity index (χ0) is 18.3. The van der Waals surface area contributed by atoms with Crippen LogP contribution in [0, 0.1) is 0 Å². The van der Waals surface area contributed by atoms with Gasteiger partial charge in [-0.25, -0.2) is 9.50 Å². The summed E-state index contributed by atoms with van der Waals surface area (Å²) in [5.74, 6) is -0.514. The Morgan fingerprint density at radius 3 is 2.42 bits per heavy atom. The molecule has 0 radical (unpaired) electrons. The minimum Gasteiger partial charge on any atom is -0.348 e. The van der Waals surface area contributed by atoms with Crippen LogP contribution in [-0.4, -0.2) is 26.5 Å². The molecule has 2 rings (SSSR count). The Bertz CT molecular complexity index is 759. The Hall–Kier alpha value is -2.12. The average Bonchev–Trinajstić information content (AvgIpc) is 2.87. The maximum Gasteiger partial charge on any atom is 0.433 e. The number of hydrogen-bond acceptors (Lipinski definition) is 3. The summed E-state index contributed by atoms with van der Waals surface area (Å²) in [4.78, 5) is 16.4. The fourth-order valence-electron chi connectivity index (χ4n) is 2.07.